The third kappa shape index (κ3) is 4.27. The Balaban J connectivity index is 1.45. The molecule has 2 aliphatic rings. The molecule has 0 aliphatic carbocycles. The molecule has 4 heterocycles. The van der Waals surface area contributed by atoms with Crippen molar-refractivity contribution in [3.8, 4) is 11.3 Å². The number of benzene rings is 2. The van der Waals surface area contributed by atoms with Crippen LogP contribution in [0.15, 0.2) is 59.1 Å². The second kappa shape index (κ2) is 9.50. The highest BCUT2D eigenvalue weighted by atomic mass is 79.9. The van der Waals surface area contributed by atoms with Gasteiger partial charge in [-0.25, -0.2) is 13.8 Å². The summed E-state index contributed by atoms with van der Waals surface area (Å²) in [5, 5.41) is 4.65. The van der Waals surface area contributed by atoms with Gasteiger partial charge in [0.2, 0.25) is 0 Å². The van der Waals surface area contributed by atoms with E-state index in [4.69, 9.17) is 4.74 Å². The van der Waals surface area contributed by atoms with Crippen molar-refractivity contribution >= 4 is 33.3 Å². The molecule has 0 spiro atoms. The van der Waals surface area contributed by atoms with Crippen molar-refractivity contribution in [2.75, 3.05) is 37.7 Å². The van der Waals surface area contributed by atoms with E-state index < -0.39 is 12.0 Å². The molecule has 2 atom stereocenters. The summed E-state index contributed by atoms with van der Waals surface area (Å²) in [5.41, 5.74) is 2.74. The first-order chi connectivity index (χ1) is 17.9. The second-order valence-electron chi connectivity index (χ2n) is 9.25. The van der Waals surface area contributed by atoms with Crippen LogP contribution < -0.4 is 4.90 Å². The van der Waals surface area contributed by atoms with Crippen LogP contribution in [0.5, 0.6) is 0 Å². The fourth-order valence-corrected chi connectivity index (χ4v) is 5.43. The highest BCUT2D eigenvalue weighted by Crippen LogP contribution is 2.37. The highest BCUT2D eigenvalue weighted by Gasteiger charge is 2.35. The molecule has 1 amide bonds. The lowest BCUT2D eigenvalue weighted by atomic mass is 9.92. The molecule has 10 heteroatoms. The summed E-state index contributed by atoms with van der Waals surface area (Å²) in [6.07, 6.45) is -1.28. The van der Waals surface area contributed by atoms with Gasteiger partial charge in [0.15, 0.2) is 5.65 Å². The molecular weight excluding hydrogens is 544 g/mol. The minimum absolute atomic E-state index is 0.0502. The number of carbonyl (C=O) groups excluding carboxylic acids is 1. The van der Waals surface area contributed by atoms with Crippen molar-refractivity contribution in [2.45, 2.75) is 19.1 Å². The number of fused-ring (bicyclic) bond motifs is 2. The minimum atomic E-state index is -1.28. The lowest BCUT2D eigenvalue weighted by Crippen LogP contribution is -2.41. The van der Waals surface area contributed by atoms with Gasteiger partial charge in [0.1, 0.15) is 23.5 Å². The van der Waals surface area contributed by atoms with E-state index in [1.54, 1.807) is 34.8 Å². The Kier molecular flexibility index (Phi) is 6.16. The normalized spacial score (nSPS) is 19.8. The van der Waals surface area contributed by atoms with E-state index in [-0.39, 0.29) is 24.2 Å². The SMILES string of the molecule is C[C@@H]1c2ccccc2C(F)CN1C(=O)c1cc(N2CCOCC2)n2nc(-c3ccc(Br)cc3F)cc2n1. The number of amides is 1. The molecule has 0 bridgehead atoms. The molecule has 0 N–H and O–H groups in total. The smallest absolute Gasteiger partial charge is 0.273 e. The Morgan fingerprint density at radius 3 is 2.59 bits per heavy atom. The van der Waals surface area contributed by atoms with Crippen LogP contribution in [0.4, 0.5) is 14.6 Å². The maximum atomic E-state index is 15.1. The van der Waals surface area contributed by atoms with Gasteiger partial charge in [0, 0.05) is 35.3 Å². The molecule has 0 saturated carbocycles. The highest BCUT2D eigenvalue weighted by molar-refractivity contribution is 9.10. The maximum Gasteiger partial charge on any atom is 0.273 e. The Labute approximate surface area is 220 Å². The predicted octanol–water partition coefficient (Wildman–Crippen LogP) is 5.36. The number of halogens is 3. The van der Waals surface area contributed by atoms with Crippen LogP contribution >= 0.6 is 15.9 Å². The number of hydrogen-bond acceptors (Lipinski definition) is 5. The zero-order valence-electron chi connectivity index (χ0n) is 20.1. The fourth-order valence-electron chi connectivity index (χ4n) is 5.09. The molecule has 2 aromatic heterocycles. The van der Waals surface area contributed by atoms with Crippen molar-refractivity contribution in [3.63, 3.8) is 0 Å². The van der Waals surface area contributed by atoms with Gasteiger partial charge in [-0.3, -0.25) is 4.79 Å². The Morgan fingerprint density at radius 2 is 1.84 bits per heavy atom. The van der Waals surface area contributed by atoms with E-state index in [9.17, 15) is 9.18 Å². The van der Waals surface area contributed by atoms with Gasteiger partial charge in [-0.1, -0.05) is 40.2 Å². The number of anilines is 1. The summed E-state index contributed by atoms with van der Waals surface area (Å²) >= 11 is 3.28. The summed E-state index contributed by atoms with van der Waals surface area (Å²) in [5.74, 6) is -0.127. The molecule has 2 aliphatic heterocycles. The van der Waals surface area contributed by atoms with Crippen molar-refractivity contribution in [1.29, 1.82) is 0 Å². The maximum absolute atomic E-state index is 15.1. The summed E-state index contributed by atoms with van der Waals surface area (Å²) in [6, 6.07) is 15.1. The number of carbonyl (C=O) groups is 1. The molecule has 0 radical (unpaired) electrons. The second-order valence-corrected chi connectivity index (χ2v) is 10.2. The number of nitrogens with zero attached hydrogens (tertiary/aromatic N) is 5. The summed E-state index contributed by atoms with van der Waals surface area (Å²) in [4.78, 5) is 22.0. The lowest BCUT2D eigenvalue weighted by Gasteiger charge is -2.37. The van der Waals surface area contributed by atoms with Crippen molar-refractivity contribution in [1.82, 2.24) is 19.5 Å². The summed E-state index contributed by atoms with van der Waals surface area (Å²) in [6.45, 7) is 4.13. The van der Waals surface area contributed by atoms with E-state index in [2.05, 4.69) is 30.9 Å². The minimum Gasteiger partial charge on any atom is -0.378 e. The van der Waals surface area contributed by atoms with Gasteiger partial charge >= 0.3 is 0 Å². The fraction of sp³-hybridized carbons (Fsp3) is 0.296. The van der Waals surface area contributed by atoms with Gasteiger partial charge in [-0.05, 0) is 36.2 Å². The standard InChI is InChI=1S/C27H24BrF2N5O2/c1-16-18-4-2-3-5-19(18)22(30)15-34(16)27(36)24-14-26(33-8-10-37-11-9-33)35-25(31-24)13-23(32-35)20-7-6-17(28)12-21(20)29/h2-7,12-14,16,22H,8-11,15H2,1H3/t16-,22?/m1/s1. The van der Waals surface area contributed by atoms with Gasteiger partial charge < -0.3 is 14.5 Å². The van der Waals surface area contributed by atoms with Crippen molar-refractivity contribution in [2.24, 2.45) is 0 Å². The third-order valence-electron chi connectivity index (χ3n) is 7.04. The van der Waals surface area contributed by atoms with E-state index in [1.807, 2.05) is 25.1 Å². The van der Waals surface area contributed by atoms with Crippen molar-refractivity contribution in [3.05, 3.63) is 81.7 Å². The third-order valence-corrected chi connectivity index (χ3v) is 7.53. The van der Waals surface area contributed by atoms with Crippen LogP contribution in [-0.4, -0.2) is 58.3 Å². The molecule has 1 unspecified atom stereocenters. The van der Waals surface area contributed by atoms with Gasteiger partial charge in [0.25, 0.3) is 5.91 Å². The first kappa shape index (κ1) is 24.0. The van der Waals surface area contributed by atoms with E-state index in [0.29, 0.717) is 59.1 Å². The summed E-state index contributed by atoms with van der Waals surface area (Å²) in [7, 11) is 0. The van der Waals surface area contributed by atoms with Crippen molar-refractivity contribution < 1.29 is 18.3 Å². The molecule has 2 aromatic carbocycles. The van der Waals surface area contributed by atoms with Crippen LogP contribution in [0.2, 0.25) is 0 Å². The van der Waals surface area contributed by atoms with Gasteiger partial charge in [-0.15, -0.1) is 0 Å². The Bertz CT molecular complexity index is 1500. The molecule has 4 aromatic rings. The average molecular weight is 568 g/mol. The number of rotatable bonds is 3. The largest absolute Gasteiger partial charge is 0.378 e. The zero-order chi connectivity index (χ0) is 25.7. The van der Waals surface area contributed by atoms with Crippen LogP contribution in [0, 0.1) is 5.82 Å². The van der Waals surface area contributed by atoms with Gasteiger partial charge in [-0.2, -0.15) is 9.61 Å². The first-order valence-electron chi connectivity index (χ1n) is 12.1. The van der Waals surface area contributed by atoms with E-state index >= 15 is 4.39 Å². The topological polar surface area (TPSA) is 63.0 Å². The number of morpholine rings is 1. The van der Waals surface area contributed by atoms with Crippen LogP contribution in [-0.2, 0) is 4.74 Å². The van der Waals surface area contributed by atoms with Crippen LogP contribution in [0.1, 0.15) is 40.8 Å². The van der Waals surface area contributed by atoms with Crippen LogP contribution in [0.3, 0.4) is 0 Å². The lowest BCUT2D eigenvalue weighted by molar-refractivity contribution is 0.0585. The molecule has 1 saturated heterocycles. The Hall–Kier alpha value is -3.37. The molecular formula is C27H24BrF2N5O2. The van der Waals surface area contributed by atoms with E-state index in [1.165, 1.54) is 11.0 Å². The monoisotopic (exact) mass is 567 g/mol. The number of ether oxygens (including phenoxy) is 1. The predicted molar refractivity (Wildman–Crippen MR) is 139 cm³/mol. The molecule has 37 heavy (non-hydrogen) atoms. The zero-order valence-corrected chi connectivity index (χ0v) is 21.7. The van der Waals surface area contributed by atoms with Crippen LogP contribution in [0.25, 0.3) is 16.9 Å². The quantitative estimate of drug-likeness (QED) is 0.333. The van der Waals surface area contributed by atoms with E-state index in [0.717, 1.165) is 5.56 Å². The number of alkyl halides is 1. The Morgan fingerprint density at radius 1 is 1.08 bits per heavy atom. The average Bonchev–Trinajstić information content (AvgIpc) is 3.34. The molecule has 6 rings (SSSR count). The number of hydrogen-bond donors (Lipinski definition) is 0. The molecule has 1 fully saturated rings. The first-order valence-corrected chi connectivity index (χ1v) is 12.9. The number of aromatic nitrogens is 3. The molecule has 7 nitrogen and oxygen atoms in total. The van der Waals surface area contributed by atoms with Gasteiger partial charge in [0.05, 0.1) is 31.5 Å². The molecule has 190 valence electrons. The summed E-state index contributed by atoms with van der Waals surface area (Å²) < 4.78 is 37.6.